The smallest absolute Gasteiger partial charge is 0.435 e. The van der Waals surface area contributed by atoms with Crippen molar-refractivity contribution in [3.8, 4) is 5.75 Å². The zero-order chi connectivity index (χ0) is 17.0. The van der Waals surface area contributed by atoms with E-state index >= 15 is 0 Å². The summed E-state index contributed by atoms with van der Waals surface area (Å²) in [5.41, 5.74) is -0.327. The lowest BCUT2D eigenvalue weighted by atomic mass is 10.3. The number of alkyl halides is 3. The van der Waals surface area contributed by atoms with Crippen molar-refractivity contribution in [2.45, 2.75) is 25.2 Å². The number of rotatable bonds is 5. The maximum absolute atomic E-state index is 12.4. The van der Waals surface area contributed by atoms with Gasteiger partial charge in [-0.2, -0.15) is 13.2 Å². The van der Waals surface area contributed by atoms with Crippen LogP contribution in [-0.2, 0) is 12.7 Å². The third kappa shape index (κ3) is 4.31. The van der Waals surface area contributed by atoms with Crippen molar-refractivity contribution in [1.82, 2.24) is 20.5 Å². The Morgan fingerprint density at radius 3 is 2.79 bits per heavy atom. The van der Waals surface area contributed by atoms with E-state index in [1.54, 1.807) is 18.3 Å². The molecule has 1 saturated heterocycles. The van der Waals surface area contributed by atoms with Gasteiger partial charge in [0.15, 0.2) is 5.69 Å². The lowest BCUT2D eigenvalue weighted by molar-refractivity contribution is -0.141. The number of anilines is 1. The summed E-state index contributed by atoms with van der Waals surface area (Å²) >= 11 is 0. The monoisotopic (exact) mass is 339 g/mol. The normalized spacial score (nSPS) is 17.7. The molecule has 3 rings (SSSR count). The molecule has 1 aliphatic rings. The van der Waals surface area contributed by atoms with Crippen LogP contribution < -0.4 is 15.4 Å². The molecular formula is C15H16F3N5O. The molecule has 0 aliphatic carbocycles. The lowest BCUT2D eigenvalue weighted by Gasteiger charge is -2.13. The van der Waals surface area contributed by atoms with E-state index in [4.69, 9.17) is 4.74 Å². The van der Waals surface area contributed by atoms with Gasteiger partial charge in [-0.3, -0.25) is 4.98 Å². The minimum absolute atomic E-state index is 0.147. The van der Waals surface area contributed by atoms with Gasteiger partial charge in [0.1, 0.15) is 17.7 Å². The molecule has 1 aliphatic heterocycles. The highest BCUT2D eigenvalue weighted by Gasteiger charge is 2.32. The summed E-state index contributed by atoms with van der Waals surface area (Å²) in [6.07, 6.45) is -1.76. The maximum Gasteiger partial charge on any atom is 0.435 e. The van der Waals surface area contributed by atoms with Crippen LogP contribution in [0.25, 0.3) is 0 Å². The minimum Gasteiger partial charge on any atom is -0.489 e. The zero-order valence-corrected chi connectivity index (χ0v) is 12.7. The van der Waals surface area contributed by atoms with Crippen molar-refractivity contribution >= 4 is 5.82 Å². The van der Waals surface area contributed by atoms with Crippen LogP contribution in [0.15, 0.2) is 30.5 Å². The summed E-state index contributed by atoms with van der Waals surface area (Å²) in [6.45, 7) is 2.06. The summed E-state index contributed by atoms with van der Waals surface area (Å²) in [4.78, 5) is 4.20. The second kappa shape index (κ2) is 7.00. The molecule has 0 amide bonds. The minimum atomic E-state index is -4.49. The van der Waals surface area contributed by atoms with E-state index in [1.807, 2.05) is 0 Å². The Hall–Kier alpha value is -2.42. The summed E-state index contributed by atoms with van der Waals surface area (Å²) in [5.74, 6) is 0.963. The van der Waals surface area contributed by atoms with Gasteiger partial charge in [-0.15, -0.1) is 10.2 Å². The molecule has 0 radical (unpaired) electrons. The SMILES string of the molecule is FC(F)(F)c1ccc(NCc2cc(OC3CCNC3)ccn2)nn1. The van der Waals surface area contributed by atoms with E-state index in [2.05, 4.69) is 25.8 Å². The number of pyridine rings is 1. The van der Waals surface area contributed by atoms with Gasteiger partial charge in [-0.25, -0.2) is 0 Å². The fourth-order valence-electron chi connectivity index (χ4n) is 2.31. The van der Waals surface area contributed by atoms with Crippen LogP contribution >= 0.6 is 0 Å². The van der Waals surface area contributed by atoms with Gasteiger partial charge < -0.3 is 15.4 Å². The summed E-state index contributed by atoms with van der Waals surface area (Å²) in [7, 11) is 0. The highest BCUT2D eigenvalue weighted by Crippen LogP contribution is 2.27. The van der Waals surface area contributed by atoms with Gasteiger partial charge in [-0.05, 0) is 31.2 Å². The average Bonchev–Trinajstić information content (AvgIpc) is 3.06. The van der Waals surface area contributed by atoms with Gasteiger partial charge >= 0.3 is 6.18 Å². The quantitative estimate of drug-likeness (QED) is 0.871. The predicted molar refractivity (Wildman–Crippen MR) is 80.5 cm³/mol. The Bertz CT molecular complexity index is 672. The number of aromatic nitrogens is 3. The van der Waals surface area contributed by atoms with E-state index in [-0.39, 0.29) is 11.9 Å². The van der Waals surface area contributed by atoms with E-state index in [0.29, 0.717) is 18.0 Å². The molecule has 0 saturated carbocycles. The molecule has 2 aromatic rings. The van der Waals surface area contributed by atoms with E-state index in [0.717, 1.165) is 25.6 Å². The molecule has 0 aromatic carbocycles. The first-order valence-electron chi connectivity index (χ1n) is 7.48. The van der Waals surface area contributed by atoms with Gasteiger partial charge in [0.25, 0.3) is 0 Å². The van der Waals surface area contributed by atoms with Gasteiger partial charge in [-0.1, -0.05) is 0 Å². The van der Waals surface area contributed by atoms with Crippen LogP contribution in [-0.4, -0.2) is 34.4 Å². The standard InChI is InChI=1S/C15H16F3N5O/c16-15(17,18)13-1-2-14(23-22-13)21-8-10-7-11(4-6-20-10)24-12-3-5-19-9-12/h1-2,4,6-7,12,19H,3,5,8-9H2,(H,21,23). The maximum atomic E-state index is 12.4. The molecule has 0 spiro atoms. The third-order valence-electron chi connectivity index (χ3n) is 3.51. The Balaban J connectivity index is 1.58. The van der Waals surface area contributed by atoms with Crippen LogP contribution in [0, 0.1) is 0 Å². The Labute approximate surface area is 136 Å². The molecule has 0 bridgehead atoms. The number of ether oxygens (including phenoxy) is 1. The van der Waals surface area contributed by atoms with E-state index < -0.39 is 11.9 Å². The molecule has 1 unspecified atom stereocenters. The molecule has 9 heteroatoms. The van der Waals surface area contributed by atoms with Crippen molar-refractivity contribution in [3.63, 3.8) is 0 Å². The van der Waals surface area contributed by atoms with Crippen LogP contribution in [0.2, 0.25) is 0 Å². The number of nitrogens with zero attached hydrogens (tertiary/aromatic N) is 3. The average molecular weight is 339 g/mol. The van der Waals surface area contributed by atoms with Gasteiger partial charge in [0.2, 0.25) is 0 Å². The number of hydrogen-bond donors (Lipinski definition) is 2. The number of hydrogen-bond acceptors (Lipinski definition) is 6. The summed E-state index contributed by atoms with van der Waals surface area (Å²) in [6, 6.07) is 5.69. The number of nitrogens with one attached hydrogen (secondary N) is 2. The lowest BCUT2D eigenvalue weighted by Crippen LogP contribution is -2.19. The third-order valence-corrected chi connectivity index (χ3v) is 3.51. The molecule has 1 atom stereocenters. The van der Waals surface area contributed by atoms with Crippen molar-refractivity contribution in [1.29, 1.82) is 0 Å². The van der Waals surface area contributed by atoms with Crippen molar-refractivity contribution in [2.75, 3.05) is 18.4 Å². The molecule has 2 N–H and O–H groups in total. The molecule has 3 heterocycles. The molecule has 24 heavy (non-hydrogen) atoms. The van der Waals surface area contributed by atoms with Crippen LogP contribution in [0.3, 0.4) is 0 Å². The Morgan fingerprint density at radius 1 is 1.25 bits per heavy atom. The zero-order valence-electron chi connectivity index (χ0n) is 12.7. The molecule has 1 fully saturated rings. The summed E-state index contributed by atoms with van der Waals surface area (Å²) in [5, 5.41) is 12.8. The van der Waals surface area contributed by atoms with Crippen LogP contribution in [0.5, 0.6) is 5.75 Å². The largest absolute Gasteiger partial charge is 0.489 e. The molecule has 6 nitrogen and oxygen atoms in total. The Kier molecular flexibility index (Phi) is 4.79. The van der Waals surface area contributed by atoms with Crippen LogP contribution in [0.4, 0.5) is 19.0 Å². The van der Waals surface area contributed by atoms with Gasteiger partial charge in [0, 0.05) is 18.8 Å². The highest BCUT2D eigenvalue weighted by molar-refractivity contribution is 5.35. The highest BCUT2D eigenvalue weighted by atomic mass is 19.4. The fourth-order valence-corrected chi connectivity index (χ4v) is 2.31. The van der Waals surface area contributed by atoms with Crippen molar-refractivity contribution in [2.24, 2.45) is 0 Å². The fraction of sp³-hybridized carbons (Fsp3) is 0.400. The second-order valence-electron chi connectivity index (χ2n) is 5.37. The first kappa shape index (κ1) is 16.4. The van der Waals surface area contributed by atoms with E-state index in [1.165, 1.54) is 6.07 Å². The topological polar surface area (TPSA) is 72.0 Å². The first-order chi connectivity index (χ1) is 11.5. The molecule has 2 aromatic heterocycles. The second-order valence-corrected chi connectivity index (χ2v) is 5.37. The molecular weight excluding hydrogens is 323 g/mol. The van der Waals surface area contributed by atoms with Gasteiger partial charge in [0.05, 0.1) is 12.2 Å². The summed E-state index contributed by atoms with van der Waals surface area (Å²) < 4.78 is 43.1. The first-order valence-corrected chi connectivity index (χ1v) is 7.48. The van der Waals surface area contributed by atoms with E-state index in [9.17, 15) is 13.2 Å². The van der Waals surface area contributed by atoms with Crippen molar-refractivity contribution < 1.29 is 17.9 Å². The molecule has 128 valence electrons. The number of halogens is 3. The van der Waals surface area contributed by atoms with Crippen molar-refractivity contribution in [3.05, 3.63) is 41.9 Å². The Morgan fingerprint density at radius 2 is 2.12 bits per heavy atom. The van der Waals surface area contributed by atoms with Crippen LogP contribution in [0.1, 0.15) is 17.8 Å². The predicted octanol–water partition coefficient (Wildman–Crippen LogP) is 2.24.